The van der Waals surface area contributed by atoms with Gasteiger partial charge in [0.15, 0.2) is 0 Å². The minimum atomic E-state index is 0. The molecule has 0 atom stereocenters. The first-order valence-corrected chi connectivity index (χ1v) is 1.49. The summed E-state index contributed by atoms with van der Waals surface area (Å²) in [6.45, 7) is 0. The number of imidazole rings is 1. The van der Waals surface area contributed by atoms with E-state index < -0.39 is 0 Å². The van der Waals surface area contributed by atoms with Crippen LogP contribution in [0.25, 0.3) is 0 Å². The normalized spacial score (nSPS) is 5.71. The Balaban J connectivity index is 0. The summed E-state index contributed by atoms with van der Waals surface area (Å²) in [5, 5.41) is 0. The van der Waals surface area contributed by atoms with Crippen molar-refractivity contribution in [2.24, 2.45) is 0 Å². The Morgan fingerprint density at radius 3 is 2.29 bits per heavy atom. The van der Waals surface area contributed by atoms with Gasteiger partial charge in [-0.3, -0.25) is 9.97 Å². The predicted octanol–water partition coefficient (Wildman–Crippen LogP) is -0.293. The molecule has 3 nitrogen and oxygen atoms in total. The van der Waals surface area contributed by atoms with Crippen molar-refractivity contribution < 1.29 is 29.9 Å². The number of H-pyrrole nitrogens is 2. The van der Waals surface area contributed by atoms with Gasteiger partial charge in [-0.1, -0.05) is 0 Å². The summed E-state index contributed by atoms with van der Waals surface area (Å²) in [7, 11) is 0. The molecule has 1 aromatic rings. The standard InChI is InChI=1S/C3H4N2.O.Zn/c1-2-5-3-4-1;;/h1-3H,(H,4,5);;/q;-2;+1/p+1. The van der Waals surface area contributed by atoms with E-state index in [1.165, 1.54) is 0 Å². The minimum absolute atomic E-state index is 0. The summed E-state index contributed by atoms with van der Waals surface area (Å²) in [6.07, 6.45) is 5.39. The molecule has 0 saturated carbocycles. The Labute approximate surface area is 54.2 Å². The van der Waals surface area contributed by atoms with E-state index in [0.717, 1.165) is 0 Å². The van der Waals surface area contributed by atoms with E-state index in [-0.39, 0.29) is 25.0 Å². The van der Waals surface area contributed by atoms with E-state index in [1.807, 2.05) is 12.4 Å². The molecule has 0 unspecified atom stereocenters. The molecule has 0 amide bonds. The Morgan fingerprint density at radius 1 is 1.43 bits per heavy atom. The van der Waals surface area contributed by atoms with E-state index in [1.54, 1.807) is 6.33 Å². The molecule has 0 aliphatic rings. The number of aromatic amines is 2. The smallest absolute Gasteiger partial charge is 1.00 e. The third kappa shape index (κ3) is 3.63. The number of hydrogen-bond acceptors (Lipinski definition) is 0. The SMILES string of the molecule is [O-2].[Zn+].c1c[nH+]c[nH]1. The van der Waals surface area contributed by atoms with E-state index in [2.05, 4.69) is 9.97 Å². The van der Waals surface area contributed by atoms with E-state index in [0.29, 0.717) is 0 Å². The van der Waals surface area contributed by atoms with Crippen LogP contribution in [-0.2, 0) is 25.0 Å². The Hall–Kier alpha value is -0.207. The maximum atomic E-state index is 2.81. The van der Waals surface area contributed by atoms with Crippen LogP contribution in [0.1, 0.15) is 0 Å². The van der Waals surface area contributed by atoms with Crippen LogP contribution < -0.4 is 4.98 Å². The van der Waals surface area contributed by atoms with E-state index in [9.17, 15) is 0 Å². The van der Waals surface area contributed by atoms with Crippen LogP contribution in [-0.4, -0.2) is 4.98 Å². The summed E-state index contributed by atoms with van der Waals surface area (Å²) >= 11 is 0. The molecule has 4 heteroatoms. The van der Waals surface area contributed by atoms with Gasteiger partial charge in [0, 0.05) is 0 Å². The summed E-state index contributed by atoms with van der Waals surface area (Å²) in [4.78, 5) is 5.61. The second-order valence-corrected chi connectivity index (χ2v) is 0.811. The van der Waals surface area contributed by atoms with Gasteiger partial charge in [0.05, 0.1) is 0 Å². The first-order valence-electron chi connectivity index (χ1n) is 1.49. The van der Waals surface area contributed by atoms with E-state index in [4.69, 9.17) is 0 Å². The summed E-state index contributed by atoms with van der Waals surface area (Å²) in [6, 6.07) is 0. The molecule has 0 fully saturated rings. The molecule has 0 aliphatic heterocycles. The molecule has 7 heavy (non-hydrogen) atoms. The van der Waals surface area contributed by atoms with Gasteiger partial charge in [0.25, 0.3) is 0 Å². The van der Waals surface area contributed by atoms with Crippen molar-refractivity contribution in [1.82, 2.24) is 4.98 Å². The third-order valence-corrected chi connectivity index (χ3v) is 0.442. The third-order valence-electron chi connectivity index (χ3n) is 0.442. The molecule has 1 rings (SSSR count). The van der Waals surface area contributed by atoms with Crippen molar-refractivity contribution in [3.8, 4) is 0 Å². The number of nitrogens with one attached hydrogen (secondary N) is 2. The van der Waals surface area contributed by atoms with Gasteiger partial charge < -0.3 is 5.48 Å². The molecule has 2 N–H and O–H groups in total. The zero-order valence-corrected chi connectivity index (χ0v) is 6.81. The molecule has 0 bridgehead atoms. The monoisotopic (exact) mass is 149 g/mol. The molecule has 0 aliphatic carbocycles. The summed E-state index contributed by atoms with van der Waals surface area (Å²) in [5.74, 6) is 0. The van der Waals surface area contributed by atoms with Crippen molar-refractivity contribution in [1.29, 1.82) is 0 Å². The molecule has 35 valence electrons. The van der Waals surface area contributed by atoms with Crippen molar-refractivity contribution in [2.45, 2.75) is 0 Å². The summed E-state index contributed by atoms with van der Waals surface area (Å²) < 4.78 is 0. The number of hydrogen-bond donors (Lipinski definition) is 1. The molecule has 1 aromatic heterocycles. The van der Waals surface area contributed by atoms with Gasteiger partial charge in [0.2, 0.25) is 6.33 Å². The number of aromatic nitrogens is 2. The second kappa shape index (κ2) is 5.79. The van der Waals surface area contributed by atoms with Crippen LogP contribution >= 0.6 is 0 Å². The number of rotatable bonds is 0. The maximum Gasteiger partial charge on any atom is 1.00 e. The largest absolute Gasteiger partial charge is 2.00 e. The zero-order valence-electron chi connectivity index (χ0n) is 3.85. The van der Waals surface area contributed by atoms with Crippen LogP contribution in [0, 0.1) is 0 Å². The average molecular weight is 150 g/mol. The molecule has 0 saturated heterocycles. The Kier molecular flexibility index (Phi) is 8.21. The Morgan fingerprint density at radius 2 is 2.14 bits per heavy atom. The van der Waals surface area contributed by atoms with Crippen molar-refractivity contribution in [3.05, 3.63) is 18.7 Å². The van der Waals surface area contributed by atoms with Crippen LogP contribution in [0.5, 0.6) is 0 Å². The van der Waals surface area contributed by atoms with E-state index >= 15 is 0 Å². The first-order chi connectivity index (χ1) is 2.50. The Bertz CT molecular complexity index is 69.4. The predicted molar refractivity (Wildman–Crippen MR) is 18.0 cm³/mol. The van der Waals surface area contributed by atoms with Crippen molar-refractivity contribution in [3.63, 3.8) is 0 Å². The first kappa shape index (κ1) is 9.92. The molecular formula is C3H5N2OZn. The van der Waals surface area contributed by atoms with Gasteiger partial charge in [-0.25, -0.2) is 0 Å². The van der Waals surface area contributed by atoms with Gasteiger partial charge in [-0.2, -0.15) is 0 Å². The van der Waals surface area contributed by atoms with Crippen molar-refractivity contribution >= 4 is 0 Å². The fourth-order valence-corrected chi connectivity index (χ4v) is 0.241. The topological polar surface area (TPSA) is 58.4 Å². The van der Waals surface area contributed by atoms with Crippen LogP contribution in [0.4, 0.5) is 0 Å². The van der Waals surface area contributed by atoms with Gasteiger partial charge in [-0.15, -0.1) is 0 Å². The van der Waals surface area contributed by atoms with Gasteiger partial charge >= 0.3 is 19.5 Å². The quantitative estimate of drug-likeness (QED) is 0.494. The molecule has 0 aromatic carbocycles. The fourth-order valence-electron chi connectivity index (χ4n) is 0.241. The second-order valence-electron chi connectivity index (χ2n) is 0.811. The molecule has 0 spiro atoms. The summed E-state index contributed by atoms with van der Waals surface area (Å²) in [5.41, 5.74) is 0. The maximum absolute atomic E-state index is 2.81. The minimum Gasteiger partial charge on any atom is -2.00 e. The molecular weight excluding hydrogens is 145 g/mol. The van der Waals surface area contributed by atoms with Gasteiger partial charge in [-0.05, 0) is 0 Å². The van der Waals surface area contributed by atoms with Crippen LogP contribution in [0.2, 0.25) is 0 Å². The van der Waals surface area contributed by atoms with Crippen LogP contribution in [0.15, 0.2) is 18.7 Å². The van der Waals surface area contributed by atoms with Crippen molar-refractivity contribution in [2.75, 3.05) is 0 Å². The zero-order chi connectivity index (χ0) is 3.54. The van der Waals surface area contributed by atoms with Gasteiger partial charge in [0.1, 0.15) is 12.4 Å². The molecule has 1 radical (unpaired) electrons. The molecule has 1 heterocycles. The van der Waals surface area contributed by atoms with Crippen LogP contribution in [0.3, 0.4) is 0 Å². The average Bonchev–Trinajstić information content (AvgIpc) is 1.76. The fraction of sp³-hybridized carbons (Fsp3) is 0.